The minimum atomic E-state index is -0.353. The van der Waals surface area contributed by atoms with E-state index in [0.717, 1.165) is 11.4 Å². The summed E-state index contributed by atoms with van der Waals surface area (Å²) in [5.41, 5.74) is 6.95. The number of carbonyl (C=O) groups is 2. The second-order valence-electron chi connectivity index (χ2n) is 4.89. The summed E-state index contributed by atoms with van der Waals surface area (Å²) in [5, 5.41) is 5.16. The molecule has 0 saturated carbocycles. The Balaban J connectivity index is 1.62. The number of anilines is 1. The highest BCUT2D eigenvalue weighted by Crippen LogP contribution is 2.24. The zero-order chi connectivity index (χ0) is 14.8. The minimum absolute atomic E-state index is 0.244. The average Bonchev–Trinajstić information content (AvgIpc) is 3.19. The Labute approximate surface area is 125 Å². The summed E-state index contributed by atoms with van der Waals surface area (Å²) < 4.78 is 0. The van der Waals surface area contributed by atoms with E-state index in [1.165, 1.54) is 11.3 Å². The highest BCUT2D eigenvalue weighted by atomic mass is 32.1. The third kappa shape index (κ3) is 2.89. The number of hydrogen-bond donors (Lipinski definition) is 3. The number of H-pyrrole nitrogens is 1. The molecule has 0 aliphatic carbocycles. The Morgan fingerprint density at radius 1 is 1.52 bits per heavy atom. The first-order valence-electron chi connectivity index (χ1n) is 6.58. The number of urea groups is 1. The average molecular weight is 305 g/mol. The van der Waals surface area contributed by atoms with Crippen molar-refractivity contribution < 1.29 is 9.59 Å². The van der Waals surface area contributed by atoms with Gasteiger partial charge in [0.15, 0.2) is 5.13 Å². The molecule has 3 amide bonds. The summed E-state index contributed by atoms with van der Waals surface area (Å²) >= 11 is 1.36. The molecular weight excluding hydrogens is 290 g/mol. The van der Waals surface area contributed by atoms with Crippen LogP contribution in [0.1, 0.15) is 6.42 Å². The van der Waals surface area contributed by atoms with Gasteiger partial charge in [-0.05, 0) is 18.6 Å². The van der Waals surface area contributed by atoms with Gasteiger partial charge in [0.1, 0.15) is 0 Å². The molecule has 8 heteroatoms. The summed E-state index contributed by atoms with van der Waals surface area (Å²) in [6, 6.07) is 3.56. The van der Waals surface area contributed by atoms with E-state index in [4.69, 9.17) is 5.73 Å². The number of primary amides is 1. The maximum Gasteiger partial charge on any atom is 0.323 e. The Morgan fingerprint density at radius 2 is 2.38 bits per heavy atom. The lowest BCUT2D eigenvalue weighted by molar-refractivity contribution is -0.121. The maximum absolute atomic E-state index is 12.1. The molecule has 1 atom stereocenters. The van der Waals surface area contributed by atoms with E-state index in [-0.39, 0.29) is 17.9 Å². The molecule has 3 heterocycles. The van der Waals surface area contributed by atoms with Gasteiger partial charge in [-0.2, -0.15) is 0 Å². The van der Waals surface area contributed by atoms with Crippen molar-refractivity contribution in [1.82, 2.24) is 14.9 Å². The lowest BCUT2D eigenvalue weighted by atomic mass is 10.1. The van der Waals surface area contributed by atoms with E-state index in [0.29, 0.717) is 24.6 Å². The maximum atomic E-state index is 12.1. The Bertz CT molecular complexity index is 651. The predicted octanol–water partition coefficient (Wildman–Crippen LogP) is 1.48. The second kappa shape index (κ2) is 5.57. The van der Waals surface area contributed by atoms with Crippen LogP contribution in [0.5, 0.6) is 0 Å². The number of aromatic nitrogens is 2. The number of thiazole rings is 1. The van der Waals surface area contributed by atoms with Gasteiger partial charge >= 0.3 is 6.03 Å². The molecule has 1 fully saturated rings. The van der Waals surface area contributed by atoms with Gasteiger partial charge in [-0.3, -0.25) is 10.1 Å². The standard InChI is InChI=1S/C13H15N5O2S/c14-11(19)8-3-5-18(6-8)13(20)17-12-16-10(7-21-12)9-2-1-4-15-9/h1-2,4,7-8,15H,3,5-6H2,(H2,14,19)(H,16,17,20). The van der Waals surface area contributed by atoms with E-state index >= 15 is 0 Å². The summed E-state index contributed by atoms with van der Waals surface area (Å²) in [6.45, 7) is 0.907. The van der Waals surface area contributed by atoms with Crippen LogP contribution in [-0.4, -0.2) is 39.9 Å². The number of nitrogens with zero attached hydrogens (tertiary/aromatic N) is 2. The summed E-state index contributed by atoms with van der Waals surface area (Å²) in [6.07, 6.45) is 2.44. The van der Waals surface area contributed by atoms with Gasteiger partial charge in [0.05, 0.1) is 17.3 Å². The molecule has 4 N–H and O–H groups in total. The van der Waals surface area contributed by atoms with Crippen molar-refractivity contribution in [1.29, 1.82) is 0 Å². The van der Waals surface area contributed by atoms with Crippen molar-refractivity contribution >= 4 is 28.4 Å². The number of rotatable bonds is 3. The van der Waals surface area contributed by atoms with Crippen molar-refractivity contribution in [3.05, 3.63) is 23.7 Å². The van der Waals surface area contributed by atoms with Crippen molar-refractivity contribution in [3.63, 3.8) is 0 Å². The minimum Gasteiger partial charge on any atom is -0.369 e. The monoisotopic (exact) mass is 305 g/mol. The molecule has 21 heavy (non-hydrogen) atoms. The van der Waals surface area contributed by atoms with Crippen LogP contribution < -0.4 is 11.1 Å². The van der Waals surface area contributed by atoms with Crippen LogP contribution in [0.2, 0.25) is 0 Å². The third-order valence-electron chi connectivity index (χ3n) is 3.47. The molecule has 1 unspecified atom stereocenters. The van der Waals surface area contributed by atoms with Gasteiger partial charge in [0.2, 0.25) is 5.91 Å². The Kier molecular flexibility index (Phi) is 3.61. The molecular formula is C13H15N5O2S. The molecule has 2 aromatic heterocycles. The lowest BCUT2D eigenvalue weighted by Crippen LogP contribution is -2.34. The van der Waals surface area contributed by atoms with E-state index in [1.807, 2.05) is 23.7 Å². The van der Waals surface area contributed by atoms with Crippen molar-refractivity contribution in [3.8, 4) is 11.4 Å². The fraction of sp³-hybridized carbons (Fsp3) is 0.308. The summed E-state index contributed by atoms with van der Waals surface area (Å²) in [5.74, 6) is -0.602. The summed E-state index contributed by atoms with van der Waals surface area (Å²) in [4.78, 5) is 32.2. The first-order valence-corrected chi connectivity index (χ1v) is 7.46. The molecule has 7 nitrogen and oxygen atoms in total. The first kappa shape index (κ1) is 13.6. The van der Waals surface area contributed by atoms with Gasteiger partial charge in [-0.1, -0.05) is 0 Å². The number of carbonyl (C=O) groups excluding carboxylic acids is 2. The van der Waals surface area contributed by atoms with Crippen LogP contribution >= 0.6 is 11.3 Å². The van der Waals surface area contributed by atoms with Gasteiger partial charge < -0.3 is 15.6 Å². The van der Waals surface area contributed by atoms with Crippen molar-refractivity contribution in [2.24, 2.45) is 11.7 Å². The number of amides is 3. The highest BCUT2D eigenvalue weighted by molar-refractivity contribution is 7.14. The van der Waals surface area contributed by atoms with E-state index in [1.54, 1.807) is 4.90 Å². The van der Waals surface area contributed by atoms with Crippen LogP contribution in [0.15, 0.2) is 23.7 Å². The molecule has 0 radical (unpaired) electrons. The Morgan fingerprint density at radius 3 is 3.05 bits per heavy atom. The smallest absolute Gasteiger partial charge is 0.323 e. The normalized spacial score (nSPS) is 17.9. The molecule has 2 aromatic rings. The molecule has 0 bridgehead atoms. The highest BCUT2D eigenvalue weighted by Gasteiger charge is 2.29. The third-order valence-corrected chi connectivity index (χ3v) is 4.23. The topological polar surface area (TPSA) is 104 Å². The van der Waals surface area contributed by atoms with Gasteiger partial charge in [0.25, 0.3) is 0 Å². The molecule has 1 saturated heterocycles. The van der Waals surface area contributed by atoms with Crippen LogP contribution in [0.25, 0.3) is 11.4 Å². The molecule has 3 rings (SSSR count). The van der Waals surface area contributed by atoms with Crippen LogP contribution in [0.3, 0.4) is 0 Å². The van der Waals surface area contributed by atoms with Crippen molar-refractivity contribution in [2.45, 2.75) is 6.42 Å². The van der Waals surface area contributed by atoms with E-state index in [9.17, 15) is 9.59 Å². The predicted molar refractivity (Wildman–Crippen MR) is 79.8 cm³/mol. The first-order chi connectivity index (χ1) is 10.1. The van der Waals surface area contributed by atoms with Crippen LogP contribution in [-0.2, 0) is 4.79 Å². The largest absolute Gasteiger partial charge is 0.369 e. The van der Waals surface area contributed by atoms with Gasteiger partial charge in [-0.15, -0.1) is 11.3 Å². The molecule has 1 aliphatic rings. The SMILES string of the molecule is NC(=O)C1CCN(C(=O)Nc2nc(-c3ccc[nH]3)cs2)C1. The van der Waals surface area contributed by atoms with Crippen LogP contribution in [0.4, 0.5) is 9.93 Å². The second-order valence-corrected chi connectivity index (χ2v) is 5.74. The van der Waals surface area contributed by atoms with E-state index < -0.39 is 0 Å². The number of hydrogen-bond acceptors (Lipinski definition) is 4. The van der Waals surface area contributed by atoms with E-state index in [2.05, 4.69) is 15.3 Å². The van der Waals surface area contributed by atoms with Crippen molar-refractivity contribution in [2.75, 3.05) is 18.4 Å². The zero-order valence-electron chi connectivity index (χ0n) is 11.2. The lowest BCUT2D eigenvalue weighted by Gasteiger charge is -2.15. The number of nitrogens with one attached hydrogen (secondary N) is 2. The quantitative estimate of drug-likeness (QED) is 0.800. The molecule has 0 spiro atoms. The fourth-order valence-corrected chi connectivity index (χ4v) is 2.99. The molecule has 110 valence electrons. The molecule has 1 aliphatic heterocycles. The Hall–Kier alpha value is -2.35. The fourth-order valence-electron chi connectivity index (χ4n) is 2.29. The molecule has 0 aromatic carbocycles. The number of likely N-dealkylation sites (tertiary alicyclic amines) is 1. The van der Waals surface area contributed by atoms with Crippen LogP contribution in [0, 0.1) is 5.92 Å². The number of aromatic amines is 1. The van der Waals surface area contributed by atoms with Gasteiger partial charge in [-0.25, -0.2) is 9.78 Å². The zero-order valence-corrected chi connectivity index (χ0v) is 12.0. The summed E-state index contributed by atoms with van der Waals surface area (Å²) in [7, 11) is 0. The number of nitrogens with two attached hydrogens (primary N) is 1. The van der Waals surface area contributed by atoms with Gasteiger partial charge in [0, 0.05) is 24.7 Å².